The summed E-state index contributed by atoms with van der Waals surface area (Å²) in [5.74, 6) is 0.991. The third-order valence-electron chi connectivity index (χ3n) is 2.46. The van der Waals surface area contributed by atoms with Crippen LogP contribution in [0.25, 0.3) is 10.2 Å². The van der Waals surface area contributed by atoms with Gasteiger partial charge in [-0.15, -0.1) is 11.3 Å². The maximum Gasteiger partial charge on any atom is 0.0964 e. The van der Waals surface area contributed by atoms with Crippen molar-refractivity contribution in [3.05, 3.63) is 23.0 Å². The van der Waals surface area contributed by atoms with E-state index in [0.717, 1.165) is 5.52 Å². The van der Waals surface area contributed by atoms with Gasteiger partial charge in [-0.05, 0) is 5.92 Å². The first kappa shape index (κ1) is 10.6. The summed E-state index contributed by atoms with van der Waals surface area (Å²) >= 11 is 1.76. The summed E-state index contributed by atoms with van der Waals surface area (Å²) in [6.45, 7) is 8.73. The highest BCUT2D eigenvalue weighted by Crippen LogP contribution is 2.31. The Bertz CT molecular complexity index is 471. The lowest BCUT2D eigenvalue weighted by molar-refractivity contribution is 0.845. The first-order valence-corrected chi connectivity index (χ1v) is 6.15. The van der Waals surface area contributed by atoms with Gasteiger partial charge in [-0.3, -0.25) is 4.98 Å². The van der Waals surface area contributed by atoms with Crippen LogP contribution in [-0.2, 0) is 0 Å². The van der Waals surface area contributed by atoms with E-state index in [1.807, 2.05) is 12.4 Å². The van der Waals surface area contributed by atoms with E-state index in [4.69, 9.17) is 4.98 Å². The van der Waals surface area contributed by atoms with Crippen molar-refractivity contribution in [2.75, 3.05) is 0 Å². The van der Waals surface area contributed by atoms with E-state index in [2.05, 4.69) is 32.7 Å². The maximum absolute atomic E-state index is 4.71. The van der Waals surface area contributed by atoms with Crippen LogP contribution in [0.1, 0.15) is 50.1 Å². The van der Waals surface area contributed by atoms with Crippen molar-refractivity contribution in [3.8, 4) is 0 Å². The lowest BCUT2D eigenvalue weighted by Gasteiger charge is -2.04. The fraction of sp³-hybridized carbons (Fsp3) is 0.500. The highest BCUT2D eigenvalue weighted by Gasteiger charge is 2.12. The van der Waals surface area contributed by atoms with E-state index in [1.165, 1.54) is 15.3 Å². The van der Waals surface area contributed by atoms with Crippen molar-refractivity contribution < 1.29 is 0 Å². The van der Waals surface area contributed by atoms with E-state index < -0.39 is 0 Å². The Balaban J connectivity index is 2.64. The molecule has 0 fully saturated rings. The second-order valence-electron chi connectivity index (χ2n) is 4.44. The molecule has 2 heterocycles. The molecule has 0 unspecified atom stereocenters. The first-order chi connectivity index (χ1) is 7.09. The molecule has 2 aromatic heterocycles. The van der Waals surface area contributed by atoms with Crippen molar-refractivity contribution in [2.24, 2.45) is 0 Å². The molecule has 0 N–H and O–H groups in total. The minimum Gasteiger partial charge on any atom is -0.263 e. The third-order valence-corrected chi connectivity index (χ3v) is 3.76. The minimum atomic E-state index is 0.489. The van der Waals surface area contributed by atoms with Crippen molar-refractivity contribution in [1.82, 2.24) is 9.97 Å². The molecule has 0 aliphatic rings. The number of fused-ring (bicyclic) bond motifs is 1. The quantitative estimate of drug-likeness (QED) is 0.766. The molecular formula is C12H16N2S. The second kappa shape index (κ2) is 3.89. The molecule has 2 rings (SSSR count). The van der Waals surface area contributed by atoms with Gasteiger partial charge in [0.25, 0.3) is 0 Å². The fourth-order valence-electron chi connectivity index (χ4n) is 1.56. The van der Waals surface area contributed by atoms with Crippen LogP contribution in [0.4, 0.5) is 0 Å². The predicted octanol–water partition coefficient (Wildman–Crippen LogP) is 3.94. The van der Waals surface area contributed by atoms with Gasteiger partial charge in [0.05, 0.1) is 15.2 Å². The van der Waals surface area contributed by atoms with Gasteiger partial charge in [0.1, 0.15) is 0 Å². The predicted molar refractivity (Wildman–Crippen MR) is 65.6 cm³/mol. The summed E-state index contributed by atoms with van der Waals surface area (Å²) < 4.78 is 1.21. The molecular weight excluding hydrogens is 204 g/mol. The molecule has 2 aromatic rings. The highest BCUT2D eigenvalue weighted by atomic mass is 32.1. The molecule has 0 amide bonds. The Hall–Kier alpha value is -0.960. The van der Waals surface area contributed by atoms with Gasteiger partial charge in [0, 0.05) is 23.9 Å². The van der Waals surface area contributed by atoms with Crippen LogP contribution >= 0.6 is 11.3 Å². The summed E-state index contributed by atoms with van der Waals surface area (Å²) in [4.78, 5) is 8.99. The molecule has 0 bridgehead atoms. The van der Waals surface area contributed by atoms with E-state index in [9.17, 15) is 0 Å². The summed E-state index contributed by atoms with van der Waals surface area (Å²) in [6, 6.07) is 0. The maximum atomic E-state index is 4.71. The molecule has 0 aliphatic heterocycles. The number of hydrogen-bond donors (Lipinski definition) is 0. The van der Waals surface area contributed by atoms with E-state index in [0.29, 0.717) is 11.8 Å². The lowest BCUT2D eigenvalue weighted by Crippen LogP contribution is -1.91. The minimum absolute atomic E-state index is 0.489. The summed E-state index contributed by atoms with van der Waals surface area (Å²) in [5.41, 5.74) is 2.41. The molecule has 0 aromatic carbocycles. The monoisotopic (exact) mass is 220 g/mol. The number of aromatic nitrogens is 2. The van der Waals surface area contributed by atoms with Crippen molar-refractivity contribution in [3.63, 3.8) is 0 Å². The lowest BCUT2D eigenvalue weighted by atomic mass is 10.1. The molecule has 0 aliphatic carbocycles. The van der Waals surface area contributed by atoms with Crippen molar-refractivity contribution >= 4 is 21.6 Å². The first-order valence-electron chi connectivity index (χ1n) is 5.34. The second-order valence-corrected chi connectivity index (χ2v) is 5.50. The zero-order valence-electron chi connectivity index (χ0n) is 9.61. The zero-order chi connectivity index (χ0) is 11.0. The molecule has 0 saturated carbocycles. The van der Waals surface area contributed by atoms with E-state index in [-0.39, 0.29) is 0 Å². The summed E-state index contributed by atoms with van der Waals surface area (Å²) in [5, 5.41) is 1.21. The van der Waals surface area contributed by atoms with Gasteiger partial charge in [-0.25, -0.2) is 4.98 Å². The van der Waals surface area contributed by atoms with Gasteiger partial charge >= 0.3 is 0 Å². The Labute approximate surface area is 94.4 Å². The van der Waals surface area contributed by atoms with E-state index in [1.54, 1.807) is 11.3 Å². The van der Waals surface area contributed by atoms with Crippen molar-refractivity contribution in [2.45, 2.75) is 39.5 Å². The van der Waals surface area contributed by atoms with Crippen LogP contribution in [-0.4, -0.2) is 9.97 Å². The normalized spacial score (nSPS) is 11.9. The smallest absolute Gasteiger partial charge is 0.0964 e. The molecule has 3 heteroatoms. The molecule has 2 nitrogen and oxygen atoms in total. The van der Waals surface area contributed by atoms with Crippen LogP contribution in [0.15, 0.2) is 12.4 Å². The van der Waals surface area contributed by atoms with Gasteiger partial charge in [-0.2, -0.15) is 0 Å². The Morgan fingerprint density at radius 2 is 1.80 bits per heavy atom. The van der Waals surface area contributed by atoms with Crippen molar-refractivity contribution in [1.29, 1.82) is 0 Å². The third kappa shape index (κ3) is 1.88. The molecule has 0 saturated heterocycles. The topological polar surface area (TPSA) is 25.8 Å². The van der Waals surface area contributed by atoms with Gasteiger partial charge in [0.2, 0.25) is 0 Å². The van der Waals surface area contributed by atoms with Crippen LogP contribution in [0.5, 0.6) is 0 Å². The Morgan fingerprint density at radius 3 is 2.40 bits per heavy atom. The number of hydrogen-bond acceptors (Lipinski definition) is 3. The summed E-state index contributed by atoms with van der Waals surface area (Å²) in [6.07, 6.45) is 3.86. The van der Waals surface area contributed by atoms with Gasteiger partial charge in [-0.1, -0.05) is 27.7 Å². The van der Waals surface area contributed by atoms with Crippen LogP contribution in [0, 0.1) is 0 Å². The Kier molecular flexibility index (Phi) is 2.74. The largest absolute Gasteiger partial charge is 0.263 e. The molecule has 80 valence electrons. The van der Waals surface area contributed by atoms with Crippen LogP contribution in [0.3, 0.4) is 0 Å². The van der Waals surface area contributed by atoms with E-state index >= 15 is 0 Å². The number of pyridine rings is 1. The van der Waals surface area contributed by atoms with Gasteiger partial charge in [0.15, 0.2) is 0 Å². The average Bonchev–Trinajstić information content (AvgIpc) is 2.60. The average molecular weight is 220 g/mol. The molecule has 0 atom stereocenters. The Morgan fingerprint density at radius 1 is 1.07 bits per heavy atom. The number of nitrogens with zero attached hydrogens (tertiary/aromatic N) is 2. The zero-order valence-corrected chi connectivity index (χ0v) is 10.4. The van der Waals surface area contributed by atoms with Gasteiger partial charge < -0.3 is 0 Å². The molecule has 0 spiro atoms. The molecule has 0 radical (unpaired) electrons. The molecule has 15 heavy (non-hydrogen) atoms. The fourth-order valence-corrected chi connectivity index (χ4v) is 2.53. The standard InChI is InChI=1S/C12H16N2S/c1-7(2)9-5-13-6-10-11(9)14-12(15-10)8(3)4/h5-8H,1-4H3. The number of thiazole rings is 1. The number of rotatable bonds is 2. The van der Waals surface area contributed by atoms with Crippen LogP contribution in [0.2, 0.25) is 0 Å². The summed E-state index contributed by atoms with van der Waals surface area (Å²) in [7, 11) is 0. The highest BCUT2D eigenvalue weighted by molar-refractivity contribution is 7.18. The van der Waals surface area contributed by atoms with Crippen LogP contribution < -0.4 is 0 Å². The SMILES string of the molecule is CC(C)c1nc2c(C(C)C)cncc2s1.